The third-order valence-electron chi connectivity index (χ3n) is 6.21. The molecule has 1 saturated heterocycles. The number of benzene rings is 2. The molecule has 1 fully saturated rings. The lowest BCUT2D eigenvalue weighted by Crippen LogP contribution is -2.50. The smallest absolute Gasteiger partial charge is 0.410 e. The highest BCUT2D eigenvalue weighted by Gasteiger charge is 2.26. The van der Waals surface area contributed by atoms with Crippen LogP contribution >= 0.6 is 11.3 Å². The molecule has 4 aromatic rings. The van der Waals surface area contributed by atoms with Gasteiger partial charge in [-0.3, -0.25) is 19.9 Å². The number of thiophene rings is 1. The number of carbonyl (C=O) groups excluding carboxylic acids is 2. The van der Waals surface area contributed by atoms with Crippen LogP contribution in [0.3, 0.4) is 0 Å². The van der Waals surface area contributed by atoms with E-state index in [0.717, 1.165) is 32.6 Å². The van der Waals surface area contributed by atoms with E-state index in [1.54, 1.807) is 35.2 Å². The lowest BCUT2D eigenvalue weighted by molar-refractivity contribution is -0.379. The minimum Gasteiger partial charge on any atom is -0.444 e. The molecule has 1 aliphatic rings. The Hall–Kier alpha value is -4.25. The first kappa shape index (κ1) is 25.4. The van der Waals surface area contributed by atoms with Gasteiger partial charge >= 0.3 is 11.1 Å². The number of fused-ring (bicyclic) bond motifs is 2. The van der Waals surface area contributed by atoms with Gasteiger partial charge < -0.3 is 19.9 Å². The standard InChI is InChI=1S/C27H27N5O5S/c1-27(2,3)37-26(34)31-12-10-30(11-13-31)19-9-8-17-14-18(16-28-21(17)15-19)24(33)29-23-20-6-4-5-7-22(20)38-25(23)32(35)36/h4-9,14-16H,10-13H2,1-3H3,(H,29,33). The largest absolute Gasteiger partial charge is 0.444 e. The number of carbonyl (C=O) groups is 2. The summed E-state index contributed by atoms with van der Waals surface area (Å²) < 4.78 is 6.20. The van der Waals surface area contributed by atoms with E-state index in [9.17, 15) is 19.7 Å². The summed E-state index contributed by atoms with van der Waals surface area (Å²) in [5.74, 6) is -0.464. The Balaban J connectivity index is 1.30. The quantitative estimate of drug-likeness (QED) is 0.265. The third-order valence-corrected chi connectivity index (χ3v) is 7.33. The van der Waals surface area contributed by atoms with Crippen LogP contribution in [-0.2, 0) is 4.74 Å². The molecule has 3 heterocycles. The molecule has 0 spiro atoms. The maximum atomic E-state index is 13.0. The predicted octanol–water partition coefficient (Wildman–Crippen LogP) is 5.67. The molecule has 5 rings (SSSR count). The number of hydrogen-bond donors (Lipinski definition) is 1. The van der Waals surface area contributed by atoms with Crippen LogP contribution in [0.25, 0.3) is 21.0 Å². The number of anilines is 2. The maximum absolute atomic E-state index is 13.0. The summed E-state index contributed by atoms with van der Waals surface area (Å²) >= 11 is 1.03. The lowest BCUT2D eigenvalue weighted by Gasteiger charge is -2.36. The van der Waals surface area contributed by atoms with Crippen molar-refractivity contribution < 1.29 is 19.2 Å². The van der Waals surface area contributed by atoms with Gasteiger partial charge in [0.25, 0.3) is 5.91 Å². The van der Waals surface area contributed by atoms with Gasteiger partial charge in [0.2, 0.25) is 0 Å². The summed E-state index contributed by atoms with van der Waals surface area (Å²) in [7, 11) is 0. The van der Waals surface area contributed by atoms with Crippen LogP contribution in [0.1, 0.15) is 31.1 Å². The molecule has 38 heavy (non-hydrogen) atoms. The molecular formula is C27H27N5O5S. The van der Waals surface area contributed by atoms with Crippen molar-refractivity contribution in [2.75, 3.05) is 36.4 Å². The van der Waals surface area contributed by atoms with Gasteiger partial charge in [0.1, 0.15) is 11.3 Å². The fourth-order valence-electron chi connectivity index (χ4n) is 4.37. The number of nitro groups is 1. The van der Waals surface area contributed by atoms with Crippen molar-refractivity contribution in [3.8, 4) is 0 Å². The molecule has 2 aromatic heterocycles. The monoisotopic (exact) mass is 533 g/mol. The Morgan fingerprint density at radius 3 is 2.53 bits per heavy atom. The molecule has 0 saturated carbocycles. The van der Waals surface area contributed by atoms with E-state index in [2.05, 4.69) is 15.2 Å². The van der Waals surface area contributed by atoms with E-state index in [1.165, 1.54) is 6.20 Å². The first-order valence-electron chi connectivity index (χ1n) is 12.2. The van der Waals surface area contributed by atoms with Gasteiger partial charge in [-0.1, -0.05) is 35.6 Å². The Morgan fingerprint density at radius 1 is 1.08 bits per heavy atom. The molecule has 0 aliphatic carbocycles. The van der Waals surface area contributed by atoms with E-state index < -0.39 is 16.4 Å². The molecule has 10 nitrogen and oxygen atoms in total. The van der Waals surface area contributed by atoms with Gasteiger partial charge in [-0.15, -0.1) is 0 Å². The molecule has 1 aliphatic heterocycles. The lowest BCUT2D eigenvalue weighted by atomic mass is 10.1. The van der Waals surface area contributed by atoms with Crippen molar-refractivity contribution in [3.05, 3.63) is 70.4 Å². The summed E-state index contributed by atoms with van der Waals surface area (Å²) in [5, 5.41) is 15.6. The van der Waals surface area contributed by atoms with Crippen LogP contribution in [0.4, 0.5) is 21.2 Å². The zero-order valence-electron chi connectivity index (χ0n) is 21.3. The Bertz CT molecular complexity index is 1550. The summed E-state index contributed by atoms with van der Waals surface area (Å²) in [4.78, 5) is 44.9. The normalized spacial score (nSPS) is 14.1. The predicted molar refractivity (Wildman–Crippen MR) is 148 cm³/mol. The number of pyridine rings is 1. The summed E-state index contributed by atoms with van der Waals surface area (Å²) in [5.41, 5.74) is 1.68. The van der Waals surface area contributed by atoms with Crippen molar-refractivity contribution >= 4 is 60.7 Å². The van der Waals surface area contributed by atoms with Crippen LogP contribution in [0.15, 0.2) is 54.7 Å². The molecule has 0 atom stereocenters. The molecule has 2 amide bonds. The molecule has 0 radical (unpaired) electrons. The van der Waals surface area contributed by atoms with Gasteiger partial charge in [-0.25, -0.2) is 4.79 Å². The van der Waals surface area contributed by atoms with Gasteiger partial charge in [0.15, 0.2) is 0 Å². The van der Waals surface area contributed by atoms with Crippen molar-refractivity contribution in [2.24, 2.45) is 0 Å². The minimum absolute atomic E-state index is 0.107. The van der Waals surface area contributed by atoms with Crippen LogP contribution in [0, 0.1) is 10.1 Å². The van der Waals surface area contributed by atoms with E-state index in [1.807, 2.05) is 39.0 Å². The number of ether oxygens (including phenoxy) is 1. The highest BCUT2D eigenvalue weighted by Crippen LogP contribution is 2.41. The Kier molecular flexibility index (Phi) is 6.62. The number of amides is 2. The molecule has 11 heteroatoms. The fraction of sp³-hybridized carbons (Fsp3) is 0.296. The average molecular weight is 534 g/mol. The first-order valence-corrected chi connectivity index (χ1v) is 13.0. The second-order valence-electron chi connectivity index (χ2n) is 10.0. The highest BCUT2D eigenvalue weighted by molar-refractivity contribution is 7.23. The number of rotatable bonds is 4. The minimum atomic E-state index is -0.528. The number of nitrogens with zero attached hydrogens (tertiary/aromatic N) is 4. The number of aromatic nitrogens is 1. The fourth-order valence-corrected chi connectivity index (χ4v) is 5.34. The Labute approximate surface area is 223 Å². The summed E-state index contributed by atoms with van der Waals surface area (Å²) in [6, 6.07) is 14.7. The Morgan fingerprint density at radius 2 is 1.82 bits per heavy atom. The van der Waals surface area contributed by atoms with Crippen molar-refractivity contribution in [1.29, 1.82) is 0 Å². The zero-order valence-corrected chi connectivity index (χ0v) is 22.1. The molecule has 2 aromatic carbocycles. The number of hydrogen-bond acceptors (Lipinski definition) is 8. The second-order valence-corrected chi connectivity index (χ2v) is 11.1. The van der Waals surface area contributed by atoms with E-state index >= 15 is 0 Å². The van der Waals surface area contributed by atoms with Gasteiger partial charge in [-0.2, -0.15) is 0 Å². The zero-order chi connectivity index (χ0) is 27.0. The van der Waals surface area contributed by atoms with Gasteiger partial charge in [0, 0.05) is 53.5 Å². The second kappa shape index (κ2) is 9.90. The van der Waals surface area contributed by atoms with Crippen molar-refractivity contribution in [2.45, 2.75) is 26.4 Å². The van der Waals surface area contributed by atoms with Crippen molar-refractivity contribution in [1.82, 2.24) is 9.88 Å². The van der Waals surface area contributed by atoms with Crippen molar-refractivity contribution in [3.63, 3.8) is 0 Å². The molecule has 1 N–H and O–H groups in total. The SMILES string of the molecule is CC(C)(C)OC(=O)N1CCN(c2ccc3cc(C(=O)Nc4c([N+](=O)[O-])sc5ccccc45)cnc3c2)CC1. The van der Waals surface area contributed by atoms with E-state index in [-0.39, 0.29) is 16.8 Å². The van der Waals surface area contributed by atoms with Gasteiger partial charge in [0.05, 0.1) is 16.0 Å². The van der Waals surface area contributed by atoms with Crippen LogP contribution in [0.5, 0.6) is 0 Å². The van der Waals surface area contributed by atoms with Crippen LogP contribution in [-0.4, -0.2) is 58.6 Å². The topological polar surface area (TPSA) is 118 Å². The van der Waals surface area contributed by atoms with E-state index in [0.29, 0.717) is 37.1 Å². The molecule has 0 unspecified atom stereocenters. The van der Waals surface area contributed by atoms with Crippen LogP contribution < -0.4 is 10.2 Å². The molecule has 0 bridgehead atoms. The highest BCUT2D eigenvalue weighted by atomic mass is 32.1. The molecule has 196 valence electrons. The van der Waals surface area contributed by atoms with Gasteiger partial charge in [-0.05, 0) is 45.0 Å². The molecular weight excluding hydrogens is 506 g/mol. The summed E-state index contributed by atoms with van der Waals surface area (Å²) in [6.45, 7) is 8.01. The number of piperazine rings is 1. The third kappa shape index (κ3) is 5.23. The maximum Gasteiger partial charge on any atom is 0.410 e. The summed E-state index contributed by atoms with van der Waals surface area (Å²) in [6.07, 6.45) is 1.17. The van der Waals surface area contributed by atoms with Crippen LogP contribution in [0.2, 0.25) is 0 Å². The number of nitrogens with one attached hydrogen (secondary N) is 1. The average Bonchev–Trinajstić information content (AvgIpc) is 3.26. The van der Waals surface area contributed by atoms with E-state index in [4.69, 9.17) is 4.74 Å². The first-order chi connectivity index (χ1) is 18.1.